The van der Waals surface area contributed by atoms with E-state index in [1.54, 1.807) is 0 Å². The molecule has 1 aliphatic heterocycles. The van der Waals surface area contributed by atoms with Crippen LogP contribution >= 0.6 is 0 Å². The topological polar surface area (TPSA) is 49.5 Å². The number of rotatable bonds is 3. The number of hydrogen-bond acceptors (Lipinski definition) is 3. The van der Waals surface area contributed by atoms with E-state index in [0.29, 0.717) is 6.54 Å². The Labute approximate surface area is 90.5 Å². The number of nitrogens with zero attached hydrogens (tertiary/aromatic N) is 1. The maximum Gasteiger partial charge on any atom is 0.0916 e. The van der Waals surface area contributed by atoms with Gasteiger partial charge in [0.25, 0.3) is 0 Å². The molecule has 2 rings (SSSR count). The summed E-state index contributed by atoms with van der Waals surface area (Å²) in [7, 11) is 0. The first-order valence-electron chi connectivity index (χ1n) is 5.46. The summed E-state index contributed by atoms with van der Waals surface area (Å²) in [5.74, 6) is 0. The molecule has 0 spiro atoms. The number of benzene rings is 1. The van der Waals surface area contributed by atoms with Gasteiger partial charge in [0.15, 0.2) is 0 Å². The molecule has 1 aromatic rings. The number of aliphatic hydroxyl groups excluding tert-OH is 1. The zero-order valence-corrected chi connectivity index (χ0v) is 8.84. The van der Waals surface area contributed by atoms with Gasteiger partial charge in [-0.3, -0.25) is 4.90 Å². The number of β-amino-alcohol motifs (C(OH)–C–C–N with tert-alkyl or cyclic N) is 1. The van der Waals surface area contributed by atoms with Crippen molar-refractivity contribution >= 4 is 0 Å². The van der Waals surface area contributed by atoms with E-state index in [0.717, 1.165) is 25.1 Å². The van der Waals surface area contributed by atoms with E-state index in [2.05, 4.69) is 4.90 Å². The molecular formula is C12H18N2O. The summed E-state index contributed by atoms with van der Waals surface area (Å²) >= 11 is 0. The van der Waals surface area contributed by atoms with E-state index >= 15 is 0 Å². The van der Waals surface area contributed by atoms with Gasteiger partial charge in [0.2, 0.25) is 0 Å². The van der Waals surface area contributed by atoms with Crippen molar-refractivity contribution in [2.45, 2.75) is 18.6 Å². The van der Waals surface area contributed by atoms with Crippen LogP contribution in [0.4, 0.5) is 0 Å². The fourth-order valence-corrected chi connectivity index (χ4v) is 2.05. The Balaban J connectivity index is 1.90. The molecule has 3 heteroatoms. The van der Waals surface area contributed by atoms with Gasteiger partial charge in [0, 0.05) is 19.1 Å². The van der Waals surface area contributed by atoms with Gasteiger partial charge < -0.3 is 10.8 Å². The van der Waals surface area contributed by atoms with Gasteiger partial charge in [-0.2, -0.15) is 0 Å². The van der Waals surface area contributed by atoms with Crippen molar-refractivity contribution in [3.05, 3.63) is 35.9 Å². The second-order valence-corrected chi connectivity index (χ2v) is 4.23. The third kappa shape index (κ3) is 2.78. The van der Waals surface area contributed by atoms with Crippen molar-refractivity contribution in [1.29, 1.82) is 0 Å². The quantitative estimate of drug-likeness (QED) is 0.767. The first kappa shape index (κ1) is 10.6. The van der Waals surface area contributed by atoms with E-state index in [1.165, 1.54) is 0 Å². The van der Waals surface area contributed by atoms with Gasteiger partial charge in [0.05, 0.1) is 6.10 Å². The first-order valence-corrected chi connectivity index (χ1v) is 5.46. The largest absolute Gasteiger partial charge is 0.387 e. The Bertz CT molecular complexity index is 302. The summed E-state index contributed by atoms with van der Waals surface area (Å²) in [5.41, 5.74) is 6.80. The van der Waals surface area contributed by atoms with E-state index < -0.39 is 6.10 Å². The molecule has 0 aliphatic carbocycles. The number of aliphatic hydroxyl groups is 1. The maximum atomic E-state index is 9.98. The van der Waals surface area contributed by atoms with Gasteiger partial charge in [-0.25, -0.2) is 0 Å². The molecule has 0 bridgehead atoms. The molecule has 1 heterocycles. The summed E-state index contributed by atoms with van der Waals surface area (Å²) in [4.78, 5) is 2.22. The molecular weight excluding hydrogens is 188 g/mol. The molecule has 1 unspecified atom stereocenters. The number of hydrogen-bond donors (Lipinski definition) is 2. The van der Waals surface area contributed by atoms with Crippen molar-refractivity contribution < 1.29 is 5.11 Å². The lowest BCUT2D eigenvalue weighted by Gasteiger charge is -2.19. The van der Waals surface area contributed by atoms with Crippen LogP contribution in [0.2, 0.25) is 0 Å². The Hall–Kier alpha value is -0.900. The SMILES string of the molecule is N[C@H]1CCN(CC(O)c2ccccc2)C1. The number of likely N-dealkylation sites (tertiary alicyclic amines) is 1. The third-order valence-electron chi connectivity index (χ3n) is 2.92. The van der Waals surface area contributed by atoms with Crippen LogP contribution < -0.4 is 5.73 Å². The lowest BCUT2D eigenvalue weighted by molar-refractivity contribution is 0.125. The number of nitrogens with two attached hydrogens (primary N) is 1. The van der Waals surface area contributed by atoms with Crippen LogP contribution in [-0.2, 0) is 0 Å². The van der Waals surface area contributed by atoms with E-state index in [4.69, 9.17) is 5.73 Å². The molecule has 1 fully saturated rings. The van der Waals surface area contributed by atoms with Crippen molar-refractivity contribution in [3.8, 4) is 0 Å². The van der Waals surface area contributed by atoms with E-state index in [1.807, 2.05) is 30.3 Å². The highest BCUT2D eigenvalue weighted by Gasteiger charge is 2.21. The highest BCUT2D eigenvalue weighted by atomic mass is 16.3. The maximum absolute atomic E-state index is 9.98. The summed E-state index contributed by atoms with van der Waals surface area (Å²) < 4.78 is 0. The third-order valence-corrected chi connectivity index (χ3v) is 2.92. The fraction of sp³-hybridized carbons (Fsp3) is 0.500. The average Bonchev–Trinajstić information content (AvgIpc) is 2.65. The van der Waals surface area contributed by atoms with Gasteiger partial charge in [0.1, 0.15) is 0 Å². The lowest BCUT2D eigenvalue weighted by Crippen LogP contribution is -2.30. The molecule has 1 aliphatic rings. The highest BCUT2D eigenvalue weighted by Crippen LogP contribution is 2.16. The molecule has 0 aromatic heterocycles. The van der Waals surface area contributed by atoms with Crippen LogP contribution in [0.1, 0.15) is 18.1 Å². The smallest absolute Gasteiger partial charge is 0.0916 e. The van der Waals surface area contributed by atoms with Gasteiger partial charge in [-0.15, -0.1) is 0 Å². The summed E-state index contributed by atoms with van der Waals surface area (Å²) in [6.07, 6.45) is 0.651. The summed E-state index contributed by atoms with van der Waals surface area (Å²) in [6, 6.07) is 10.1. The van der Waals surface area contributed by atoms with Gasteiger partial charge in [-0.1, -0.05) is 30.3 Å². The summed E-state index contributed by atoms with van der Waals surface area (Å²) in [5, 5.41) is 9.98. The monoisotopic (exact) mass is 206 g/mol. The van der Waals surface area contributed by atoms with Crippen molar-refractivity contribution in [2.24, 2.45) is 5.73 Å². The zero-order chi connectivity index (χ0) is 10.7. The minimum Gasteiger partial charge on any atom is -0.387 e. The fourth-order valence-electron chi connectivity index (χ4n) is 2.05. The molecule has 82 valence electrons. The average molecular weight is 206 g/mol. The van der Waals surface area contributed by atoms with Crippen LogP contribution in [0.25, 0.3) is 0 Å². The molecule has 1 aromatic carbocycles. The van der Waals surface area contributed by atoms with Crippen LogP contribution in [0.3, 0.4) is 0 Å². The van der Waals surface area contributed by atoms with Crippen LogP contribution in [0, 0.1) is 0 Å². The Kier molecular flexibility index (Phi) is 3.36. The van der Waals surface area contributed by atoms with Crippen molar-refractivity contribution in [3.63, 3.8) is 0 Å². The van der Waals surface area contributed by atoms with Gasteiger partial charge >= 0.3 is 0 Å². The van der Waals surface area contributed by atoms with Crippen molar-refractivity contribution in [1.82, 2.24) is 4.90 Å². The molecule has 2 atom stereocenters. The second kappa shape index (κ2) is 4.75. The predicted octanol–water partition coefficient (Wildman–Crippen LogP) is 0.753. The molecule has 1 saturated heterocycles. The summed E-state index contributed by atoms with van der Waals surface area (Å²) in [6.45, 7) is 2.60. The molecule has 3 N–H and O–H groups in total. The lowest BCUT2D eigenvalue weighted by atomic mass is 10.1. The van der Waals surface area contributed by atoms with Crippen LogP contribution in [-0.4, -0.2) is 35.7 Å². The first-order chi connectivity index (χ1) is 7.25. The molecule has 3 nitrogen and oxygen atoms in total. The molecule has 0 radical (unpaired) electrons. The zero-order valence-electron chi connectivity index (χ0n) is 8.84. The standard InChI is InChI=1S/C12H18N2O/c13-11-6-7-14(8-11)9-12(15)10-4-2-1-3-5-10/h1-5,11-12,15H,6-9,13H2/t11-,12?/m0/s1. The molecule has 0 saturated carbocycles. The van der Waals surface area contributed by atoms with Crippen LogP contribution in [0.15, 0.2) is 30.3 Å². The Morgan fingerprint density at radius 3 is 2.73 bits per heavy atom. The Morgan fingerprint density at radius 2 is 2.13 bits per heavy atom. The predicted molar refractivity (Wildman–Crippen MR) is 60.4 cm³/mol. The van der Waals surface area contributed by atoms with Crippen LogP contribution in [0.5, 0.6) is 0 Å². The minimum absolute atomic E-state index is 0.285. The van der Waals surface area contributed by atoms with E-state index in [-0.39, 0.29) is 6.04 Å². The molecule has 0 amide bonds. The minimum atomic E-state index is -0.392. The normalized spacial score (nSPS) is 24.3. The van der Waals surface area contributed by atoms with E-state index in [9.17, 15) is 5.11 Å². The van der Waals surface area contributed by atoms with Crippen molar-refractivity contribution in [2.75, 3.05) is 19.6 Å². The Morgan fingerprint density at radius 1 is 1.40 bits per heavy atom. The molecule has 15 heavy (non-hydrogen) atoms. The van der Waals surface area contributed by atoms with Gasteiger partial charge in [-0.05, 0) is 18.5 Å². The second-order valence-electron chi connectivity index (χ2n) is 4.23. The highest BCUT2D eigenvalue weighted by molar-refractivity contribution is 5.17.